The lowest BCUT2D eigenvalue weighted by atomic mass is 10.1. The molecule has 0 spiro atoms. The van der Waals surface area contributed by atoms with Crippen molar-refractivity contribution in [1.29, 1.82) is 0 Å². The molecule has 0 radical (unpaired) electrons. The Kier molecular flexibility index (Phi) is 4.57. The normalized spacial score (nSPS) is 21.2. The van der Waals surface area contributed by atoms with Gasteiger partial charge in [0.2, 0.25) is 0 Å². The van der Waals surface area contributed by atoms with Crippen molar-refractivity contribution in [2.24, 2.45) is 0 Å². The van der Waals surface area contributed by atoms with Gasteiger partial charge in [0.05, 0.1) is 6.42 Å². The number of nitrogens with one attached hydrogen (secondary N) is 1. The van der Waals surface area contributed by atoms with Crippen molar-refractivity contribution in [3.63, 3.8) is 0 Å². The maximum Gasteiger partial charge on any atom is 0.304 e. The summed E-state index contributed by atoms with van der Waals surface area (Å²) in [6.07, 6.45) is 1.90. The van der Waals surface area contributed by atoms with E-state index in [4.69, 9.17) is 9.52 Å². The average Bonchev–Trinajstić information content (AvgIpc) is 3.06. The van der Waals surface area contributed by atoms with E-state index < -0.39 is 5.97 Å². The molecule has 1 aliphatic heterocycles. The summed E-state index contributed by atoms with van der Waals surface area (Å²) in [5.41, 5.74) is 1.38. The molecule has 1 aliphatic rings. The number of hydrogen-bond acceptors (Lipinski definition) is 4. The highest BCUT2D eigenvalue weighted by Crippen LogP contribution is 2.24. The van der Waals surface area contributed by atoms with Crippen LogP contribution >= 0.6 is 0 Å². The Bertz CT molecular complexity index is 767. The molecule has 2 N–H and O–H groups in total. The third-order valence-corrected chi connectivity index (χ3v) is 4.80. The maximum absolute atomic E-state index is 12.4. The quantitative estimate of drug-likeness (QED) is 0.880. The Morgan fingerprint density at radius 1 is 1.29 bits per heavy atom. The van der Waals surface area contributed by atoms with Gasteiger partial charge in [0.15, 0.2) is 0 Å². The van der Waals surface area contributed by atoms with Gasteiger partial charge in [0, 0.05) is 29.6 Å². The summed E-state index contributed by atoms with van der Waals surface area (Å²) in [5, 5.41) is 12.8. The summed E-state index contributed by atoms with van der Waals surface area (Å²) >= 11 is 0. The number of furan rings is 1. The highest BCUT2D eigenvalue weighted by atomic mass is 16.4. The van der Waals surface area contributed by atoms with Gasteiger partial charge in [0.25, 0.3) is 5.91 Å². The molecule has 24 heavy (non-hydrogen) atoms. The van der Waals surface area contributed by atoms with Gasteiger partial charge in [-0.25, -0.2) is 0 Å². The fraction of sp³-hybridized carbons (Fsp3) is 0.444. The fourth-order valence-electron chi connectivity index (χ4n) is 3.41. The molecule has 1 amide bonds. The van der Waals surface area contributed by atoms with Gasteiger partial charge in [-0.1, -0.05) is 0 Å². The molecule has 2 aromatic rings. The third-order valence-electron chi connectivity index (χ3n) is 4.80. The number of nitrogens with zero attached hydrogens (tertiary/aromatic N) is 1. The van der Waals surface area contributed by atoms with Gasteiger partial charge in [-0.2, -0.15) is 0 Å². The highest BCUT2D eigenvalue weighted by molar-refractivity contribution is 5.97. The van der Waals surface area contributed by atoms with E-state index in [1.807, 2.05) is 32.2 Å². The fourth-order valence-corrected chi connectivity index (χ4v) is 3.41. The van der Waals surface area contributed by atoms with Crippen molar-refractivity contribution in [2.75, 3.05) is 13.6 Å². The smallest absolute Gasteiger partial charge is 0.304 e. The minimum Gasteiger partial charge on any atom is -0.481 e. The number of benzene rings is 1. The first kappa shape index (κ1) is 16.5. The molecule has 1 saturated heterocycles. The van der Waals surface area contributed by atoms with Gasteiger partial charge >= 0.3 is 5.97 Å². The molecule has 0 aliphatic carbocycles. The Labute approximate surface area is 140 Å². The van der Waals surface area contributed by atoms with Crippen LogP contribution in [0.3, 0.4) is 0 Å². The Morgan fingerprint density at radius 2 is 2.04 bits per heavy atom. The number of carbonyl (C=O) groups excluding carboxylic acids is 1. The minimum absolute atomic E-state index is 0.0506. The first-order valence-electron chi connectivity index (χ1n) is 8.16. The Morgan fingerprint density at radius 3 is 2.79 bits per heavy atom. The molecule has 0 unspecified atom stereocenters. The molecule has 0 saturated carbocycles. The van der Waals surface area contributed by atoms with Crippen molar-refractivity contribution in [1.82, 2.24) is 10.2 Å². The molecule has 1 fully saturated rings. The van der Waals surface area contributed by atoms with E-state index in [1.54, 1.807) is 6.07 Å². The van der Waals surface area contributed by atoms with Gasteiger partial charge in [-0.15, -0.1) is 0 Å². The standard InChI is InChI=1S/C18H22N2O4/c1-11-7-13-8-12(3-6-16(13)24-11)18(23)19-10-15-5-4-14(20(15)2)9-17(21)22/h3,6-8,14-15H,4-5,9-10H2,1-2H3,(H,19,23)(H,21,22)/t14-,15+/m1/s1. The zero-order valence-corrected chi connectivity index (χ0v) is 13.9. The minimum atomic E-state index is -0.778. The largest absolute Gasteiger partial charge is 0.481 e. The van der Waals surface area contributed by atoms with E-state index in [0.29, 0.717) is 12.1 Å². The topological polar surface area (TPSA) is 82.8 Å². The number of fused-ring (bicyclic) bond motifs is 1. The van der Waals surface area contributed by atoms with Gasteiger partial charge < -0.3 is 14.8 Å². The molecule has 1 aromatic carbocycles. The average molecular weight is 330 g/mol. The highest BCUT2D eigenvalue weighted by Gasteiger charge is 2.31. The predicted octanol–water partition coefficient (Wildman–Crippen LogP) is 2.41. The molecule has 0 bridgehead atoms. The Hall–Kier alpha value is -2.34. The van der Waals surface area contributed by atoms with Crippen LogP contribution in [0.4, 0.5) is 0 Å². The van der Waals surface area contributed by atoms with E-state index in [1.165, 1.54) is 0 Å². The monoisotopic (exact) mass is 330 g/mol. The zero-order chi connectivity index (χ0) is 17.3. The summed E-state index contributed by atoms with van der Waals surface area (Å²) in [7, 11) is 1.93. The summed E-state index contributed by atoms with van der Waals surface area (Å²) in [5.74, 6) is -0.0781. The van der Waals surface area contributed by atoms with E-state index in [-0.39, 0.29) is 24.4 Å². The van der Waals surface area contributed by atoms with E-state index in [0.717, 1.165) is 29.6 Å². The van der Waals surface area contributed by atoms with Crippen LogP contribution in [0.15, 0.2) is 28.7 Å². The maximum atomic E-state index is 12.4. The van der Waals surface area contributed by atoms with Gasteiger partial charge in [-0.3, -0.25) is 14.5 Å². The van der Waals surface area contributed by atoms with Crippen molar-refractivity contribution in [3.8, 4) is 0 Å². The van der Waals surface area contributed by atoms with Crippen LogP contribution in [0, 0.1) is 6.92 Å². The van der Waals surface area contributed by atoms with Crippen LogP contribution in [0.25, 0.3) is 11.0 Å². The molecule has 6 heteroatoms. The van der Waals surface area contributed by atoms with Crippen molar-refractivity contribution in [2.45, 2.75) is 38.3 Å². The van der Waals surface area contributed by atoms with Gasteiger partial charge in [-0.05, 0) is 51.1 Å². The lowest BCUT2D eigenvalue weighted by Crippen LogP contribution is -2.41. The number of likely N-dealkylation sites (tertiary alicyclic amines) is 1. The molecule has 2 atom stereocenters. The number of carboxylic acids is 1. The lowest BCUT2D eigenvalue weighted by Gasteiger charge is -2.25. The predicted molar refractivity (Wildman–Crippen MR) is 90.1 cm³/mol. The molecule has 2 heterocycles. The third kappa shape index (κ3) is 3.43. The first-order valence-corrected chi connectivity index (χ1v) is 8.16. The van der Waals surface area contributed by atoms with Crippen LogP contribution in [-0.4, -0.2) is 47.6 Å². The zero-order valence-electron chi connectivity index (χ0n) is 13.9. The van der Waals surface area contributed by atoms with E-state index in [9.17, 15) is 9.59 Å². The molecule has 128 valence electrons. The number of likely N-dealkylation sites (N-methyl/N-ethyl adjacent to an activating group) is 1. The van der Waals surface area contributed by atoms with Crippen LogP contribution in [0.2, 0.25) is 0 Å². The second-order valence-corrected chi connectivity index (χ2v) is 6.47. The molecular weight excluding hydrogens is 308 g/mol. The van der Waals surface area contributed by atoms with Crippen LogP contribution in [0.5, 0.6) is 0 Å². The Balaban J connectivity index is 1.59. The number of carbonyl (C=O) groups is 2. The summed E-state index contributed by atoms with van der Waals surface area (Å²) in [6, 6.07) is 7.53. The van der Waals surface area contributed by atoms with Crippen molar-refractivity contribution in [3.05, 3.63) is 35.6 Å². The first-order chi connectivity index (χ1) is 11.4. The van der Waals surface area contributed by atoms with Crippen molar-refractivity contribution >= 4 is 22.8 Å². The summed E-state index contributed by atoms with van der Waals surface area (Å²) in [4.78, 5) is 25.3. The number of rotatable bonds is 5. The summed E-state index contributed by atoms with van der Waals surface area (Å²) in [6.45, 7) is 2.40. The van der Waals surface area contributed by atoms with E-state index in [2.05, 4.69) is 10.2 Å². The van der Waals surface area contributed by atoms with Crippen molar-refractivity contribution < 1.29 is 19.1 Å². The summed E-state index contributed by atoms with van der Waals surface area (Å²) < 4.78 is 5.52. The van der Waals surface area contributed by atoms with Crippen LogP contribution < -0.4 is 5.32 Å². The number of amides is 1. The van der Waals surface area contributed by atoms with Gasteiger partial charge in [0.1, 0.15) is 11.3 Å². The molecule has 1 aromatic heterocycles. The lowest BCUT2D eigenvalue weighted by molar-refractivity contribution is -0.138. The number of aryl methyl sites for hydroxylation is 1. The second-order valence-electron chi connectivity index (χ2n) is 6.47. The molecular formula is C18H22N2O4. The van der Waals surface area contributed by atoms with Crippen LogP contribution in [-0.2, 0) is 4.79 Å². The molecule has 6 nitrogen and oxygen atoms in total. The number of aliphatic carboxylic acids is 1. The number of hydrogen-bond donors (Lipinski definition) is 2. The second kappa shape index (κ2) is 6.65. The number of carboxylic acid groups (broad SMARTS) is 1. The SMILES string of the molecule is Cc1cc2cc(C(=O)NC[C@@H]3CC[C@H](CC(=O)O)N3C)ccc2o1. The molecule has 3 rings (SSSR count). The van der Waals surface area contributed by atoms with E-state index >= 15 is 0 Å². The van der Waals surface area contributed by atoms with Crippen LogP contribution in [0.1, 0.15) is 35.4 Å².